The fourth-order valence-electron chi connectivity index (χ4n) is 4.75. The lowest BCUT2D eigenvalue weighted by atomic mass is 9.88. The van der Waals surface area contributed by atoms with Gasteiger partial charge >= 0.3 is 6.09 Å². The zero-order chi connectivity index (χ0) is 30.3. The van der Waals surface area contributed by atoms with E-state index in [9.17, 15) is 19.2 Å². The summed E-state index contributed by atoms with van der Waals surface area (Å²) < 4.78 is 25.8. The van der Waals surface area contributed by atoms with Crippen LogP contribution in [0.15, 0.2) is 12.2 Å². The first kappa shape index (κ1) is 27.6. The minimum atomic E-state index is -2.35. The Morgan fingerprint density at radius 3 is 1.81 bits per heavy atom. The fraction of sp³-hybridized carbons (Fsp3) is 0.793. The maximum atomic E-state index is 12.1. The molecule has 2 saturated carbocycles. The van der Waals surface area contributed by atoms with Crippen LogP contribution < -0.4 is 10.6 Å². The van der Waals surface area contributed by atoms with Gasteiger partial charge in [-0.25, -0.2) is 4.79 Å². The fourth-order valence-corrected chi connectivity index (χ4v) is 4.75. The molecule has 0 bridgehead atoms. The van der Waals surface area contributed by atoms with E-state index < -0.39 is 18.7 Å². The highest BCUT2D eigenvalue weighted by Crippen LogP contribution is 2.26. The van der Waals surface area contributed by atoms with Crippen molar-refractivity contribution in [2.24, 2.45) is 17.8 Å². The second-order valence-corrected chi connectivity index (χ2v) is 11.1. The first-order valence-electron chi connectivity index (χ1n) is 15.3. The van der Waals surface area contributed by atoms with Crippen LogP contribution in [0.4, 0.5) is 4.79 Å². The number of carbonyl (C=O) groups is 4. The molecule has 0 radical (unpaired) electrons. The van der Waals surface area contributed by atoms with Gasteiger partial charge in [-0.05, 0) is 65.7 Å². The van der Waals surface area contributed by atoms with Crippen molar-refractivity contribution in [3.8, 4) is 0 Å². The number of nitrogens with zero attached hydrogens (tertiary/aromatic N) is 1. The highest BCUT2D eigenvalue weighted by atomic mass is 16.6. The van der Waals surface area contributed by atoms with E-state index in [2.05, 4.69) is 5.32 Å². The number of hydrogen-bond acceptors (Lipinski definition) is 5. The third kappa shape index (κ3) is 13.1. The van der Waals surface area contributed by atoms with Gasteiger partial charge in [-0.1, -0.05) is 50.7 Å². The summed E-state index contributed by atoms with van der Waals surface area (Å²) in [6.45, 7) is 3.04. The number of amides is 4. The lowest BCUT2D eigenvalue weighted by Gasteiger charge is -2.27. The molecule has 0 heterocycles. The van der Waals surface area contributed by atoms with Gasteiger partial charge in [-0.2, -0.15) is 0 Å². The molecule has 2 N–H and O–H groups in total. The van der Waals surface area contributed by atoms with Crippen LogP contribution in [0.3, 0.4) is 0 Å². The largest absolute Gasteiger partial charge is 0.443 e. The Kier molecular flexibility index (Phi) is 12.8. The zero-order valence-electron chi connectivity index (χ0n) is 26.6. The molecule has 0 spiro atoms. The molecule has 0 aliphatic heterocycles. The number of imide groups is 1. The minimum absolute atomic E-state index is 0.00117. The van der Waals surface area contributed by atoms with E-state index in [1.54, 1.807) is 27.8 Å². The van der Waals surface area contributed by atoms with Crippen molar-refractivity contribution >= 4 is 23.8 Å². The van der Waals surface area contributed by atoms with E-state index in [1.807, 2.05) is 17.5 Å². The van der Waals surface area contributed by atoms with Gasteiger partial charge in [0.15, 0.2) is 0 Å². The molecule has 8 nitrogen and oxygen atoms in total. The third-order valence-electron chi connectivity index (χ3n) is 6.94. The molecular formula is C29H51N3O5. The SMILES string of the molecule is CN(C(=O)OC(C)(C)C)C(=O)C1CCCCC1.CNC(=O)C1CCCCC1.[2H]C([2H])([2H])NC(=O)C1CC=CCC1. The average Bonchev–Trinajstić information content (AvgIpc) is 2.92. The zero-order valence-corrected chi connectivity index (χ0v) is 23.6. The average molecular weight is 525 g/mol. The van der Waals surface area contributed by atoms with Crippen LogP contribution in [-0.2, 0) is 19.1 Å². The molecule has 4 amide bonds. The van der Waals surface area contributed by atoms with E-state index in [0.717, 1.165) is 56.3 Å². The van der Waals surface area contributed by atoms with E-state index in [-0.39, 0.29) is 29.6 Å². The molecule has 212 valence electrons. The highest BCUT2D eigenvalue weighted by molar-refractivity contribution is 5.93. The number of hydrogen-bond donors (Lipinski definition) is 2. The van der Waals surface area contributed by atoms with Crippen molar-refractivity contribution < 1.29 is 28.0 Å². The lowest BCUT2D eigenvalue weighted by Crippen LogP contribution is -2.41. The van der Waals surface area contributed by atoms with E-state index in [0.29, 0.717) is 12.3 Å². The first-order chi connectivity index (χ1) is 18.6. The van der Waals surface area contributed by atoms with Gasteiger partial charge in [-0.15, -0.1) is 0 Å². The molecule has 0 aromatic rings. The van der Waals surface area contributed by atoms with Crippen molar-refractivity contribution in [1.82, 2.24) is 15.5 Å². The Balaban J connectivity index is 0.000000311. The Morgan fingerprint density at radius 1 is 0.811 bits per heavy atom. The summed E-state index contributed by atoms with van der Waals surface area (Å²) in [5, 5.41) is 4.71. The summed E-state index contributed by atoms with van der Waals surface area (Å²) >= 11 is 0. The van der Waals surface area contributed by atoms with Gasteiger partial charge in [0.05, 0.1) is 0 Å². The second-order valence-electron chi connectivity index (χ2n) is 11.1. The van der Waals surface area contributed by atoms with Gasteiger partial charge in [0.1, 0.15) is 5.60 Å². The van der Waals surface area contributed by atoms with Gasteiger partial charge in [0.25, 0.3) is 0 Å². The summed E-state index contributed by atoms with van der Waals surface area (Å²) in [5.41, 5.74) is -0.557. The normalized spacial score (nSPS) is 21.8. The van der Waals surface area contributed by atoms with Crippen molar-refractivity contribution in [3.05, 3.63) is 12.2 Å². The Bertz CT molecular complexity index is 843. The van der Waals surface area contributed by atoms with Crippen LogP contribution in [-0.4, -0.2) is 55.4 Å². The molecular weight excluding hydrogens is 470 g/mol. The van der Waals surface area contributed by atoms with Gasteiger partial charge < -0.3 is 15.4 Å². The molecule has 37 heavy (non-hydrogen) atoms. The Morgan fingerprint density at radius 2 is 1.35 bits per heavy atom. The monoisotopic (exact) mass is 524 g/mol. The molecule has 0 aromatic carbocycles. The topological polar surface area (TPSA) is 105 Å². The van der Waals surface area contributed by atoms with Gasteiger partial charge in [-0.3, -0.25) is 19.3 Å². The summed E-state index contributed by atoms with van der Waals surface area (Å²) in [6.07, 6.45) is 16.8. The Hall–Kier alpha value is -2.38. The van der Waals surface area contributed by atoms with Crippen molar-refractivity contribution in [2.75, 3.05) is 21.1 Å². The van der Waals surface area contributed by atoms with Crippen LogP contribution in [0.25, 0.3) is 0 Å². The Labute approximate surface area is 228 Å². The predicted molar refractivity (Wildman–Crippen MR) is 147 cm³/mol. The van der Waals surface area contributed by atoms with Crippen molar-refractivity contribution in [3.63, 3.8) is 0 Å². The first-order valence-corrected chi connectivity index (χ1v) is 13.8. The van der Waals surface area contributed by atoms with Gasteiger partial charge in [0.2, 0.25) is 17.7 Å². The summed E-state index contributed by atoms with van der Waals surface area (Å²) in [6, 6.07) is 0. The summed E-state index contributed by atoms with van der Waals surface area (Å²) in [5.74, 6) is -0.0616. The summed E-state index contributed by atoms with van der Waals surface area (Å²) in [7, 11) is 3.22. The van der Waals surface area contributed by atoms with Crippen LogP contribution in [0.1, 0.15) is 108 Å². The number of carbonyl (C=O) groups excluding carboxylic acids is 4. The molecule has 1 unspecified atom stereocenters. The highest BCUT2D eigenvalue weighted by Gasteiger charge is 2.30. The molecule has 8 heteroatoms. The maximum absolute atomic E-state index is 12.1. The van der Waals surface area contributed by atoms with E-state index in [1.165, 1.54) is 32.7 Å². The molecule has 0 aromatic heterocycles. The standard InChI is InChI=1S/C13H23NO3.C8H15NO.C8H13NO/c1-13(2,3)17-12(16)14(4)11(15)10-8-6-5-7-9-10;2*1-9-8(10)7-5-3-2-4-6-7/h10H,5-9H2,1-4H3;7H,2-6H2,1H3,(H,9,10);2-3,7H,4-6H2,1H3,(H,9,10)/i;;1D3. The maximum Gasteiger partial charge on any atom is 0.416 e. The summed E-state index contributed by atoms with van der Waals surface area (Å²) in [4.78, 5) is 47.3. The number of ether oxygens (including phenoxy) is 1. The molecule has 1 atom stereocenters. The molecule has 3 aliphatic rings. The van der Waals surface area contributed by atoms with Crippen molar-refractivity contribution in [2.45, 2.75) is 110 Å². The third-order valence-corrected chi connectivity index (χ3v) is 6.94. The van der Waals surface area contributed by atoms with E-state index in [4.69, 9.17) is 8.85 Å². The molecule has 0 saturated heterocycles. The predicted octanol–water partition coefficient (Wildman–Crippen LogP) is 5.36. The van der Waals surface area contributed by atoms with Crippen LogP contribution in [0.5, 0.6) is 0 Å². The minimum Gasteiger partial charge on any atom is -0.443 e. The lowest BCUT2D eigenvalue weighted by molar-refractivity contribution is -0.134. The van der Waals surface area contributed by atoms with Gasteiger partial charge in [0, 0.05) is 42.9 Å². The van der Waals surface area contributed by atoms with Crippen LogP contribution in [0.2, 0.25) is 0 Å². The number of allylic oxidation sites excluding steroid dienone is 2. The number of rotatable bonds is 3. The molecule has 2 fully saturated rings. The van der Waals surface area contributed by atoms with Crippen LogP contribution in [0, 0.1) is 17.8 Å². The van der Waals surface area contributed by atoms with Crippen molar-refractivity contribution in [1.29, 1.82) is 0 Å². The quantitative estimate of drug-likeness (QED) is 0.484. The van der Waals surface area contributed by atoms with E-state index >= 15 is 0 Å². The van der Waals surface area contributed by atoms with Crippen LogP contribution >= 0.6 is 0 Å². The molecule has 3 aliphatic carbocycles. The number of nitrogens with one attached hydrogen (secondary N) is 2. The smallest absolute Gasteiger partial charge is 0.416 e. The molecule has 3 rings (SSSR count). The second kappa shape index (κ2) is 17.2.